The van der Waals surface area contributed by atoms with E-state index in [9.17, 15) is 9.59 Å². The molecule has 1 rings (SSSR count). The van der Waals surface area contributed by atoms with Gasteiger partial charge in [0, 0.05) is 41.4 Å². The van der Waals surface area contributed by atoms with Gasteiger partial charge < -0.3 is 35.9 Å². The average molecular weight is 676 g/mol. The number of carboxylic acid groups (broad SMARTS) is 1. The molecular formula is C37H65N5O4S. The molecular weight excluding hydrogens is 611 g/mol. The Morgan fingerprint density at radius 2 is 1.66 bits per heavy atom. The fourth-order valence-corrected chi connectivity index (χ4v) is 4.14. The van der Waals surface area contributed by atoms with Crippen LogP contribution in [0.5, 0.6) is 0 Å². The quantitative estimate of drug-likeness (QED) is 0.0170. The maximum absolute atomic E-state index is 11.1. The predicted molar refractivity (Wildman–Crippen MR) is 204 cm³/mol. The topological polar surface area (TPSA) is 124 Å². The van der Waals surface area contributed by atoms with Crippen molar-refractivity contribution in [2.75, 3.05) is 45.3 Å². The number of hydrogen-bond acceptors (Lipinski definition) is 8. The van der Waals surface area contributed by atoms with E-state index >= 15 is 0 Å². The van der Waals surface area contributed by atoms with E-state index in [2.05, 4.69) is 79.8 Å². The van der Waals surface area contributed by atoms with Gasteiger partial charge in [0.2, 0.25) is 6.41 Å². The van der Waals surface area contributed by atoms with Crippen molar-refractivity contribution in [3.63, 3.8) is 0 Å². The zero-order chi connectivity index (χ0) is 36.1. The largest absolute Gasteiger partial charge is 0.480 e. The summed E-state index contributed by atoms with van der Waals surface area (Å²) in [5.41, 5.74) is 2.99. The van der Waals surface area contributed by atoms with Crippen molar-refractivity contribution in [1.29, 1.82) is 0 Å². The van der Waals surface area contributed by atoms with E-state index in [-0.39, 0.29) is 6.42 Å². The molecule has 0 spiro atoms. The van der Waals surface area contributed by atoms with E-state index in [1.165, 1.54) is 43.7 Å². The Balaban J connectivity index is -0.000000830. The van der Waals surface area contributed by atoms with Crippen molar-refractivity contribution < 1.29 is 18.9 Å². The second-order valence-electron chi connectivity index (χ2n) is 10.6. The maximum atomic E-state index is 11.1. The molecule has 1 aromatic rings. The third kappa shape index (κ3) is 32.7. The van der Waals surface area contributed by atoms with Crippen LogP contribution in [0.1, 0.15) is 85.6 Å². The van der Waals surface area contributed by atoms with Gasteiger partial charge >= 0.3 is 5.97 Å². The highest BCUT2D eigenvalue weighted by Gasteiger charge is 2.16. The number of carbonyl (C=O) groups excluding carboxylic acids is 1. The number of nitrogens with one attached hydrogen (secondary N) is 5. The number of terminal acetylenes is 1. The second kappa shape index (κ2) is 37.4. The Morgan fingerprint density at radius 1 is 1.04 bits per heavy atom. The number of allylic oxidation sites excluding steroid dienone is 5. The number of rotatable bonds is 24. The lowest BCUT2D eigenvalue weighted by atomic mass is 10.1. The smallest absolute Gasteiger partial charge is 0.326 e. The molecule has 9 nitrogen and oxygen atoms in total. The summed E-state index contributed by atoms with van der Waals surface area (Å²) in [6.07, 6.45) is 21.3. The van der Waals surface area contributed by atoms with Crippen molar-refractivity contribution in [2.45, 2.75) is 92.5 Å². The molecule has 0 aliphatic heterocycles. The van der Waals surface area contributed by atoms with Crippen LogP contribution in [0, 0.1) is 18.8 Å². The molecule has 0 radical (unpaired) electrons. The first-order valence-corrected chi connectivity index (χ1v) is 17.4. The Labute approximate surface area is 291 Å². The number of aliphatic carboxylic acids is 1. The number of hydrogen-bond donors (Lipinski definition) is 6. The summed E-state index contributed by atoms with van der Waals surface area (Å²) in [4.78, 5) is 22.7. The molecule has 0 bridgehead atoms. The van der Waals surface area contributed by atoms with Crippen molar-refractivity contribution in [2.24, 2.45) is 5.92 Å². The van der Waals surface area contributed by atoms with Gasteiger partial charge in [0.1, 0.15) is 6.04 Å². The number of amides is 1. The van der Waals surface area contributed by atoms with E-state index < -0.39 is 12.0 Å². The number of carboxylic acids is 1. The molecule has 0 saturated carbocycles. The zero-order valence-electron chi connectivity index (χ0n) is 30.2. The molecule has 0 fully saturated rings. The zero-order valence-corrected chi connectivity index (χ0v) is 31.0. The third-order valence-electron chi connectivity index (χ3n) is 6.52. The van der Waals surface area contributed by atoms with Crippen LogP contribution < -0.4 is 26.6 Å². The summed E-state index contributed by atoms with van der Waals surface area (Å²) >= 11 is 1.35. The van der Waals surface area contributed by atoms with Gasteiger partial charge in [-0.05, 0) is 95.7 Å². The second-order valence-corrected chi connectivity index (χ2v) is 11.8. The molecule has 2 unspecified atom stereocenters. The van der Waals surface area contributed by atoms with E-state index in [0.717, 1.165) is 67.5 Å². The number of unbranched alkanes of at least 4 members (excludes halogenated alkanes) is 1. The predicted octanol–water partition coefficient (Wildman–Crippen LogP) is 7.11. The molecule has 268 valence electrons. The molecule has 0 saturated heterocycles. The van der Waals surface area contributed by atoms with E-state index in [0.29, 0.717) is 6.41 Å². The molecule has 0 aliphatic rings. The fourth-order valence-electron chi connectivity index (χ4n) is 3.73. The highest BCUT2D eigenvalue weighted by atomic mass is 32.2. The van der Waals surface area contributed by atoms with Crippen LogP contribution in [0.2, 0.25) is 0 Å². The number of anilines is 1. The highest BCUT2D eigenvalue weighted by molar-refractivity contribution is 7.98. The summed E-state index contributed by atoms with van der Waals surface area (Å²) < 4.78 is 4.76. The first-order chi connectivity index (χ1) is 22.7. The van der Waals surface area contributed by atoms with Gasteiger partial charge in [-0.15, -0.1) is 12.8 Å². The first-order valence-electron chi connectivity index (χ1n) is 16.6. The highest BCUT2D eigenvalue weighted by Crippen LogP contribution is 2.16. The van der Waals surface area contributed by atoms with Gasteiger partial charge in [0.05, 0.1) is 7.11 Å². The molecule has 1 amide bonds. The minimum absolute atomic E-state index is 0.255. The average Bonchev–Trinajstić information content (AvgIpc) is 3.07. The van der Waals surface area contributed by atoms with Crippen molar-refractivity contribution in [1.82, 2.24) is 21.3 Å². The molecule has 1 aromatic carbocycles. The monoisotopic (exact) mass is 675 g/mol. The summed E-state index contributed by atoms with van der Waals surface area (Å²) in [5, 5.41) is 24.9. The molecule has 0 aliphatic carbocycles. The van der Waals surface area contributed by atoms with E-state index in [1.807, 2.05) is 44.2 Å². The van der Waals surface area contributed by atoms with Crippen LogP contribution in [-0.2, 0) is 20.2 Å². The molecule has 6 N–H and O–H groups in total. The van der Waals surface area contributed by atoms with Crippen LogP contribution in [0.15, 0.2) is 59.7 Å². The number of carbonyl (C=O) groups is 2. The molecule has 0 aromatic heterocycles. The van der Waals surface area contributed by atoms with Gasteiger partial charge in [0.25, 0.3) is 0 Å². The maximum Gasteiger partial charge on any atom is 0.326 e. The van der Waals surface area contributed by atoms with Crippen LogP contribution >= 0.6 is 12.0 Å². The fraction of sp³-hybridized carbons (Fsp3) is 0.568. The molecule has 47 heavy (non-hydrogen) atoms. The lowest BCUT2D eigenvalue weighted by molar-refractivity contribution is -0.140. The Morgan fingerprint density at radius 3 is 2.17 bits per heavy atom. The van der Waals surface area contributed by atoms with Gasteiger partial charge in [-0.3, -0.25) is 4.79 Å². The van der Waals surface area contributed by atoms with Gasteiger partial charge in [0.15, 0.2) is 0 Å². The van der Waals surface area contributed by atoms with Crippen molar-refractivity contribution in [3.05, 3.63) is 65.2 Å². The van der Waals surface area contributed by atoms with Crippen LogP contribution in [0.4, 0.5) is 5.69 Å². The normalized spacial score (nSPS) is 12.0. The lowest BCUT2D eigenvalue weighted by Crippen LogP contribution is -2.37. The minimum Gasteiger partial charge on any atom is -0.480 e. The molecule has 0 heterocycles. The summed E-state index contributed by atoms with van der Waals surface area (Å²) in [7, 11) is 1.64. The summed E-state index contributed by atoms with van der Waals surface area (Å²) in [6.45, 7) is 21.7. The van der Waals surface area contributed by atoms with Crippen LogP contribution in [-0.4, -0.2) is 63.5 Å². The third-order valence-corrected chi connectivity index (χ3v) is 7.09. The van der Waals surface area contributed by atoms with Gasteiger partial charge in [-0.2, -0.15) is 0 Å². The Bertz CT molecular complexity index is 967. The van der Waals surface area contributed by atoms with Crippen LogP contribution in [0.25, 0.3) is 0 Å². The summed E-state index contributed by atoms with van der Waals surface area (Å²) in [5.74, 6) is -0.197. The SMILES string of the molecule is C#C.C=C/C=C(\C)SOC.CC=C(CCCCNCNCCC)Nc1ccc(CC(NC=O)C(=O)O)cc1.CCCNCC(C)CC. The minimum atomic E-state index is -1.04. The number of benzene rings is 1. The van der Waals surface area contributed by atoms with E-state index in [1.54, 1.807) is 13.2 Å². The molecule has 10 heteroatoms. The summed E-state index contributed by atoms with van der Waals surface area (Å²) in [6, 6.07) is 6.71. The first kappa shape index (κ1) is 48.3. The Hall–Kier alpha value is -3.07. The standard InChI is InChI=1S/C21H34N4O3.C8H19N.C6H10OS.C2H2/c1-3-12-22-15-23-13-6-5-7-18(4-2)25-19-10-8-17(9-11-19)14-20(21(27)28)24-16-26;1-4-6-9-7-8(3)5-2;1-4-5-6(2)8-7-3;1-2/h4,8-11,16,20,22-23,25H,3,5-7,12-15H2,1-2H3,(H,24,26)(H,27,28);8-9H,4-7H2,1-3H3;4-5H,1H2,2-3H3;1-2H/b;;6-5+;. The Kier molecular flexibility index (Phi) is 38.4. The van der Waals surface area contributed by atoms with Crippen molar-refractivity contribution in [3.8, 4) is 12.8 Å². The van der Waals surface area contributed by atoms with Gasteiger partial charge in [-0.25, -0.2) is 4.79 Å². The van der Waals surface area contributed by atoms with E-state index in [4.69, 9.17) is 9.29 Å². The van der Waals surface area contributed by atoms with Gasteiger partial charge in [-0.1, -0.05) is 71.1 Å². The van der Waals surface area contributed by atoms with Crippen LogP contribution in [0.3, 0.4) is 0 Å². The van der Waals surface area contributed by atoms with Crippen molar-refractivity contribution >= 4 is 30.1 Å². The molecule has 2 atom stereocenters. The lowest BCUT2D eigenvalue weighted by Gasteiger charge is -2.13.